The molecule has 1 N–H and O–H groups in total. The van der Waals surface area contributed by atoms with Crippen molar-refractivity contribution in [3.8, 4) is 0 Å². The van der Waals surface area contributed by atoms with Gasteiger partial charge in [0.05, 0.1) is 30.1 Å². The van der Waals surface area contributed by atoms with E-state index in [4.69, 9.17) is 26.4 Å². The molecule has 196 valence electrons. The molecule has 0 amide bonds. The van der Waals surface area contributed by atoms with Crippen LogP contribution >= 0.6 is 11.6 Å². The van der Waals surface area contributed by atoms with Crippen molar-refractivity contribution in [1.29, 1.82) is 0 Å². The lowest BCUT2D eigenvalue weighted by molar-refractivity contribution is 0.122. The van der Waals surface area contributed by atoms with Gasteiger partial charge in [-0.1, -0.05) is 24.6 Å². The molecule has 0 spiro atoms. The molecule has 3 aromatic heterocycles. The van der Waals surface area contributed by atoms with Gasteiger partial charge < -0.3 is 15.0 Å². The summed E-state index contributed by atoms with van der Waals surface area (Å²) in [7, 11) is 0. The number of nitrogens with zero attached hydrogens (tertiary/aromatic N) is 6. The minimum atomic E-state index is -0.332. The van der Waals surface area contributed by atoms with E-state index in [1.807, 2.05) is 28.3 Å². The minimum absolute atomic E-state index is 0.211. The number of hydrogen-bond donors (Lipinski definition) is 1. The second-order valence-corrected chi connectivity index (χ2v) is 10.8. The molecule has 8 nitrogen and oxygen atoms in total. The maximum atomic E-state index is 14.8. The van der Waals surface area contributed by atoms with E-state index in [2.05, 4.69) is 43.0 Å². The third kappa shape index (κ3) is 5.15. The van der Waals surface area contributed by atoms with Crippen LogP contribution in [-0.4, -0.2) is 50.7 Å². The molecule has 37 heavy (non-hydrogen) atoms. The van der Waals surface area contributed by atoms with Crippen LogP contribution in [0.1, 0.15) is 50.2 Å². The normalized spacial score (nSPS) is 14.5. The Morgan fingerprint density at radius 2 is 1.86 bits per heavy atom. The number of ether oxygens (including phenoxy) is 1. The first-order valence-electron chi connectivity index (χ1n) is 12.7. The lowest BCUT2D eigenvalue weighted by Gasteiger charge is -2.29. The molecule has 1 saturated heterocycles. The zero-order valence-electron chi connectivity index (χ0n) is 22.0. The van der Waals surface area contributed by atoms with Crippen molar-refractivity contribution in [1.82, 2.24) is 24.4 Å². The van der Waals surface area contributed by atoms with Gasteiger partial charge in [0, 0.05) is 42.2 Å². The van der Waals surface area contributed by atoms with Crippen LogP contribution in [0.5, 0.6) is 0 Å². The molecule has 5 rings (SSSR count). The molecule has 4 heterocycles. The summed E-state index contributed by atoms with van der Waals surface area (Å²) in [4.78, 5) is 7.27. The van der Waals surface area contributed by atoms with Crippen LogP contribution in [0.2, 0.25) is 5.02 Å². The average molecular weight is 526 g/mol. The van der Waals surface area contributed by atoms with Crippen molar-refractivity contribution in [3.63, 3.8) is 0 Å². The lowest BCUT2D eigenvalue weighted by Crippen LogP contribution is -2.37. The molecule has 0 bridgehead atoms. The second-order valence-electron chi connectivity index (χ2n) is 10.4. The Hall–Kier alpha value is -3.17. The summed E-state index contributed by atoms with van der Waals surface area (Å²) >= 11 is 6.00. The van der Waals surface area contributed by atoms with E-state index in [0.717, 1.165) is 41.7 Å². The van der Waals surface area contributed by atoms with E-state index < -0.39 is 0 Å². The van der Waals surface area contributed by atoms with Gasteiger partial charge in [-0.2, -0.15) is 14.7 Å². The molecule has 0 radical (unpaired) electrons. The van der Waals surface area contributed by atoms with Gasteiger partial charge in [0.2, 0.25) is 0 Å². The fraction of sp³-hybridized carbons (Fsp3) is 0.444. The van der Waals surface area contributed by atoms with E-state index in [9.17, 15) is 4.39 Å². The van der Waals surface area contributed by atoms with E-state index >= 15 is 0 Å². The lowest BCUT2D eigenvalue weighted by atomic mass is 10.0. The number of aryl methyl sites for hydroxylation is 2. The van der Waals surface area contributed by atoms with Gasteiger partial charge >= 0.3 is 0 Å². The Balaban J connectivity index is 1.66. The molecule has 0 atom stereocenters. The van der Waals surface area contributed by atoms with E-state index in [-0.39, 0.29) is 11.4 Å². The SMILES string of the molecule is CCc1nn2c(N3CCOCC3)cc(Nc3cc(C)nn3C(C)(C)C)nc2c1Cc1ccc(Cl)cc1F. The molecule has 1 fully saturated rings. The summed E-state index contributed by atoms with van der Waals surface area (Å²) in [6.07, 6.45) is 1.07. The van der Waals surface area contributed by atoms with Crippen LogP contribution < -0.4 is 10.2 Å². The number of benzene rings is 1. The van der Waals surface area contributed by atoms with Gasteiger partial charge in [-0.25, -0.2) is 14.1 Å². The predicted molar refractivity (Wildman–Crippen MR) is 145 cm³/mol. The fourth-order valence-electron chi connectivity index (χ4n) is 4.72. The van der Waals surface area contributed by atoms with Crippen LogP contribution in [0.25, 0.3) is 5.65 Å². The fourth-order valence-corrected chi connectivity index (χ4v) is 4.88. The van der Waals surface area contributed by atoms with Gasteiger partial charge in [-0.05, 0) is 51.8 Å². The monoisotopic (exact) mass is 525 g/mol. The van der Waals surface area contributed by atoms with Crippen LogP contribution in [0.3, 0.4) is 0 Å². The van der Waals surface area contributed by atoms with Crippen LogP contribution in [-0.2, 0) is 23.1 Å². The van der Waals surface area contributed by atoms with Crippen molar-refractivity contribution >= 4 is 34.7 Å². The van der Waals surface area contributed by atoms with Crippen LogP contribution in [0.15, 0.2) is 30.3 Å². The van der Waals surface area contributed by atoms with Crippen molar-refractivity contribution in [2.75, 3.05) is 36.5 Å². The number of aromatic nitrogens is 5. The number of anilines is 3. The van der Waals surface area contributed by atoms with Crippen LogP contribution in [0, 0.1) is 12.7 Å². The smallest absolute Gasteiger partial charge is 0.163 e. The molecule has 10 heteroatoms. The Kier molecular flexibility index (Phi) is 6.85. The molecule has 1 aliphatic rings. The molecular weight excluding hydrogens is 493 g/mol. The Morgan fingerprint density at radius 1 is 1.11 bits per heavy atom. The van der Waals surface area contributed by atoms with E-state index in [0.29, 0.717) is 48.1 Å². The van der Waals surface area contributed by atoms with Crippen molar-refractivity contribution in [3.05, 3.63) is 63.7 Å². The summed E-state index contributed by atoms with van der Waals surface area (Å²) in [6, 6.07) is 8.84. The average Bonchev–Trinajstić information content (AvgIpc) is 3.40. The zero-order chi connectivity index (χ0) is 26.3. The molecule has 0 aliphatic carbocycles. The third-order valence-corrected chi connectivity index (χ3v) is 6.76. The standard InChI is InChI=1S/C27H33ClFN7O/c1-6-22-20(14-18-7-8-19(28)15-21(18)29)26-31-23(30-24-13-17(2)32-36(24)27(3,4)5)16-25(35(26)33-22)34-9-11-37-12-10-34/h7-8,13,15-16H,6,9-12,14H2,1-5H3,(H,30,31). The van der Waals surface area contributed by atoms with Gasteiger partial charge in [0.15, 0.2) is 5.65 Å². The number of rotatable bonds is 6. The number of nitrogens with one attached hydrogen (secondary N) is 1. The predicted octanol–water partition coefficient (Wildman–Crippen LogP) is 5.52. The molecule has 0 unspecified atom stereocenters. The highest BCUT2D eigenvalue weighted by Gasteiger charge is 2.24. The molecular formula is C27H33ClFN7O. The Labute approximate surface area is 221 Å². The number of halogens is 2. The number of morpholine rings is 1. The first-order chi connectivity index (χ1) is 17.6. The van der Waals surface area contributed by atoms with Crippen molar-refractivity contribution in [2.24, 2.45) is 0 Å². The highest BCUT2D eigenvalue weighted by molar-refractivity contribution is 6.30. The molecule has 1 aliphatic heterocycles. The summed E-state index contributed by atoms with van der Waals surface area (Å²) in [6.45, 7) is 13.2. The summed E-state index contributed by atoms with van der Waals surface area (Å²) in [5.74, 6) is 2.13. The topological polar surface area (TPSA) is 72.5 Å². The largest absolute Gasteiger partial charge is 0.378 e. The number of fused-ring (bicyclic) bond motifs is 1. The summed E-state index contributed by atoms with van der Waals surface area (Å²) in [5, 5.41) is 13.5. The first-order valence-corrected chi connectivity index (χ1v) is 13.0. The van der Waals surface area contributed by atoms with E-state index in [1.165, 1.54) is 6.07 Å². The maximum Gasteiger partial charge on any atom is 0.163 e. The third-order valence-electron chi connectivity index (χ3n) is 6.52. The van der Waals surface area contributed by atoms with E-state index in [1.54, 1.807) is 12.1 Å². The first kappa shape index (κ1) is 25.5. The molecule has 4 aromatic rings. The second kappa shape index (κ2) is 9.95. The van der Waals surface area contributed by atoms with Gasteiger partial charge in [-0.3, -0.25) is 0 Å². The van der Waals surface area contributed by atoms with Crippen molar-refractivity contribution < 1.29 is 9.13 Å². The highest BCUT2D eigenvalue weighted by atomic mass is 35.5. The number of hydrogen-bond acceptors (Lipinski definition) is 6. The minimum Gasteiger partial charge on any atom is -0.378 e. The van der Waals surface area contributed by atoms with Crippen molar-refractivity contribution in [2.45, 2.75) is 53.0 Å². The quantitative estimate of drug-likeness (QED) is 0.357. The zero-order valence-corrected chi connectivity index (χ0v) is 22.7. The van der Waals surface area contributed by atoms with Crippen LogP contribution in [0.4, 0.5) is 21.8 Å². The molecule has 1 aromatic carbocycles. The maximum absolute atomic E-state index is 14.8. The summed E-state index contributed by atoms with van der Waals surface area (Å²) in [5.41, 5.74) is 3.77. The summed E-state index contributed by atoms with van der Waals surface area (Å²) < 4.78 is 24.3. The van der Waals surface area contributed by atoms with Gasteiger partial charge in [0.1, 0.15) is 23.3 Å². The van der Waals surface area contributed by atoms with Gasteiger partial charge in [-0.15, -0.1) is 0 Å². The van der Waals surface area contributed by atoms with Gasteiger partial charge in [0.25, 0.3) is 0 Å². The Morgan fingerprint density at radius 3 is 2.54 bits per heavy atom. The highest BCUT2D eigenvalue weighted by Crippen LogP contribution is 2.30. The Bertz CT molecular complexity index is 1430. The molecule has 0 saturated carbocycles.